The van der Waals surface area contributed by atoms with Crippen LogP contribution in [0.5, 0.6) is 0 Å². The summed E-state index contributed by atoms with van der Waals surface area (Å²) in [5, 5.41) is 3.49. The molecule has 2 heterocycles. The average molecular weight is 337 g/mol. The van der Waals surface area contributed by atoms with Gasteiger partial charge in [-0.1, -0.05) is 26.2 Å². The Morgan fingerprint density at radius 1 is 1.12 bits per heavy atom. The van der Waals surface area contributed by atoms with Gasteiger partial charge in [-0.25, -0.2) is 0 Å². The molecule has 3 fully saturated rings. The fraction of sp³-hybridized carbons (Fsp3) is 0.947. The molecule has 0 bridgehead atoms. The monoisotopic (exact) mass is 336 g/mol. The van der Waals surface area contributed by atoms with Crippen LogP contribution in [-0.2, 0) is 4.79 Å². The number of rotatable bonds is 5. The highest BCUT2D eigenvalue weighted by Crippen LogP contribution is 2.26. The van der Waals surface area contributed by atoms with Crippen molar-refractivity contribution in [3.8, 4) is 0 Å². The van der Waals surface area contributed by atoms with Gasteiger partial charge < -0.3 is 15.1 Å². The van der Waals surface area contributed by atoms with Crippen LogP contribution < -0.4 is 5.32 Å². The van der Waals surface area contributed by atoms with Gasteiger partial charge in [0.2, 0.25) is 5.91 Å². The van der Waals surface area contributed by atoms with Crippen molar-refractivity contribution < 1.29 is 4.79 Å². The molecule has 1 amide bonds. The summed E-state index contributed by atoms with van der Waals surface area (Å²) in [5.41, 5.74) is 0.444. The third kappa shape index (κ3) is 4.70. The van der Waals surface area contributed by atoms with Crippen molar-refractivity contribution in [1.29, 1.82) is 0 Å². The molecular weight excluding hydrogens is 300 g/mol. The van der Waals surface area contributed by atoms with Crippen LogP contribution in [0.25, 0.3) is 0 Å². The Balaban J connectivity index is 1.39. The van der Waals surface area contributed by atoms with Gasteiger partial charge in [0.15, 0.2) is 0 Å². The molecule has 2 aliphatic heterocycles. The summed E-state index contributed by atoms with van der Waals surface area (Å²) in [4.78, 5) is 19.6. The van der Waals surface area contributed by atoms with Crippen LogP contribution in [0.1, 0.15) is 45.4 Å². The largest absolute Gasteiger partial charge is 0.342 e. The standard InChI is InChI=1S/C19H36N4O/c1-19(8-9-20-15-19)16-23-12-10-22(11-13-23)14-18(24)21(2)17-6-4-3-5-7-17/h17,20H,3-16H2,1-2H3. The Morgan fingerprint density at radius 3 is 2.42 bits per heavy atom. The molecular formula is C19H36N4O. The lowest BCUT2D eigenvalue weighted by atomic mass is 9.89. The molecule has 0 spiro atoms. The van der Waals surface area contributed by atoms with Gasteiger partial charge >= 0.3 is 0 Å². The quantitative estimate of drug-likeness (QED) is 0.824. The number of nitrogens with one attached hydrogen (secondary N) is 1. The molecule has 3 aliphatic rings. The summed E-state index contributed by atoms with van der Waals surface area (Å²) >= 11 is 0. The molecule has 2 saturated heterocycles. The predicted molar refractivity (Wildman–Crippen MR) is 98.1 cm³/mol. The number of nitrogens with zero attached hydrogens (tertiary/aromatic N) is 3. The van der Waals surface area contributed by atoms with Gasteiger partial charge in [-0.2, -0.15) is 0 Å². The maximum absolute atomic E-state index is 12.6. The first-order valence-corrected chi connectivity index (χ1v) is 9.97. The lowest BCUT2D eigenvalue weighted by Gasteiger charge is -2.39. The van der Waals surface area contributed by atoms with E-state index in [0.29, 0.717) is 23.9 Å². The van der Waals surface area contributed by atoms with E-state index in [4.69, 9.17) is 0 Å². The number of likely N-dealkylation sites (N-methyl/N-ethyl adjacent to an activating group) is 1. The van der Waals surface area contributed by atoms with Crippen molar-refractivity contribution in [2.45, 2.75) is 51.5 Å². The van der Waals surface area contributed by atoms with Crippen LogP contribution in [-0.4, -0.2) is 86.1 Å². The highest BCUT2D eigenvalue weighted by Gasteiger charge is 2.32. The highest BCUT2D eigenvalue weighted by molar-refractivity contribution is 5.78. The number of hydrogen-bond acceptors (Lipinski definition) is 4. The fourth-order valence-electron chi connectivity index (χ4n) is 4.62. The van der Waals surface area contributed by atoms with Gasteiger partial charge in [-0.15, -0.1) is 0 Å². The fourth-order valence-corrected chi connectivity index (χ4v) is 4.62. The Morgan fingerprint density at radius 2 is 1.79 bits per heavy atom. The molecule has 1 atom stereocenters. The van der Waals surface area contributed by atoms with E-state index in [-0.39, 0.29) is 0 Å². The van der Waals surface area contributed by atoms with Gasteiger partial charge in [0.25, 0.3) is 0 Å². The Kier molecular flexibility index (Phi) is 6.17. The van der Waals surface area contributed by atoms with E-state index in [2.05, 4.69) is 22.0 Å². The Hall–Kier alpha value is -0.650. The molecule has 1 saturated carbocycles. The number of piperazine rings is 1. The van der Waals surface area contributed by atoms with E-state index < -0.39 is 0 Å². The molecule has 1 aliphatic carbocycles. The van der Waals surface area contributed by atoms with Crippen molar-refractivity contribution in [1.82, 2.24) is 20.0 Å². The number of amides is 1. The minimum absolute atomic E-state index is 0.322. The third-order valence-electron chi connectivity index (χ3n) is 6.40. The normalized spacial score (nSPS) is 30.6. The van der Waals surface area contributed by atoms with Crippen LogP contribution in [0.4, 0.5) is 0 Å². The second-order valence-corrected chi connectivity index (χ2v) is 8.59. The minimum Gasteiger partial charge on any atom is -0.342 e. The van der Waals surface area contributed by atoms with Gasteiger partial charge in [0, 0.05) is 52.4 Å². The third-order valence-corrected chi connectivity index (χ3v) is 6.40. The zero-order valence-electron chi connectivity index (χ0n) is 15.7. The molecule has 3 rings (SSSR count). The van der Waals surface area contributed by atoms with Crippen molar-refractivity contribution in [2.75, 3.05) is 59.4 Å². The first-order chi connectivity index (χ1) is 11.6. The second kappa shape index (κ2) is 8.15. The number of hydrogen-bond donors (Lipinski definition) is 1. The molecule has 0 aromatic heterocycles. The van der Waals surface area contributed by atoms with Crippen LogP contribution in [0.15, 0.2) is 0 Å². The van der Waals surface area contributed by atoms with Gasteiger partial charge in [0.05, 0.1) is 6.54 Å². The topological polar surface area (TPSA) is 38.8 Å². The molecule has 0 aromatic rings. The predicted octanol–water partition coefficient (Wildman–Crippen LogP) is 1.39. The number of carbonyl (C=O) groups is 1. The molecule has 24 heavy (non-hydrogen) atoms. The van der Waals surface area contributed by atoms with Crippen molar-refractivity contribution >= 4 is 5.91 Å². The van der Waals surface area contributed by atoms with E-state index in [1.54, 1.807) is 0 Å². The molecule has 138 valence electrons. The van der Waals surface area contributed by atoms with Crippen LogP contribution >= 0.6 is 0 Å². The molecule has 1 N–H and O–H groups in total. The lowest BCUT2D eigenvalue weighted by molar-refractivity contribution is -0.134. The molecule has 5 heteroatoms. The van der Waals surface area contributed by atoms with Crippen molar-refractivity contribution in [3.05, 3.63) is 0 Å². The maximum atomic E-state index is 12.6. The maximum Gasteiger partial charge on any atom is 0.236 e. The van der Waals surface area contributed by atoms with Crippen LogP contribution in [0.2, 0.25) is 0 Å². The summed E-state index contributed by atoms with van der Waals surface area (Å²) in [5.74, 6) is 0.322. The average Bonchev–Trinajstić information content (AvgIpc) is 3.03. The zero-order valence-corrected chi connectivity index (χ0v) is 15.7. The van der Waals surface area contributed by atoms with E-state index in [9.17, 15) is 4.79 Å². The zero-order chi connectivity index (χ0) is 17.0. The first-order valence-electron chi connectivity index (χ1n) is 9.97. The molecule has 0 aromatic carbocycles. The summed E-state index contributed by atoms with van der Waals surface area (Å²) in [6.45, 7) is 10.8. The second-order valence-electron chi connectivity index (χ2n) is 8.59. The summed E-state index contributed by atoms with van der Waals surface area (Å²) in [6.07, 6.45) is 7.60. The SMILES string of the molecule is CN(C(=O)CN1CCN(CC2(C)CCNC2)CC1)C1CCCCC1. The number of carbonyl (C=O) groups excluding carboxylic acids is 1. The summed E-state index contributed by atoms with van der Waals surface area (Å²) in [6, 6.07) is 0.488. The van der Waals surface area contributed by atoms with Gasteiger partial charge in [-0.3, -0.25) is 9.69 Å². The lowest BCUT2D eigenvalue weighted by Crippen LogP contribution is -2.52. The van der Waals surface area contributed by atoms with E-state index in [0.717, 1.165) is 32.7 Å². The smallest absolute Gasteiger partial charge is 0.236 e. The van der Waals surface area contributed by atoms with E-state index >= 15 is 0 Å². The van der Waals surface area contributed by atoms with Crippen LogP contribution in [0.3, 0.4) is 0 Å². The first kappa shape index (κ1) is 18.2. The van der Waals surface area contributed by atoms with Crippen molar-refractivity contribution in [2.24, 2.45) is 5.41 Å². The minimum atomic E-state index is 0.322. The Bertz CT molecular complexity index is 408. The Labute approximate surface area is 147 Å². The van der Waals surface area contributed by atoms with Crippen LogP contribution in [0, 0.1) is 5.41 Å². The molecule has 5 nitrogen and oxygen atoms in total. The molecule has 0 radical (unpaired) electrons. The van der Waals surface area contributed by atoms with E-state index in [1.165, 1.54) is 51.6 Å². The molecule has 1 unspecified atom stereocenters. The highest BCUT2D eigenvalue weighted by atomic mass is 16.2. The summed E-state index contributed by atoms with van der Waals surface area (Å²) < 4.78 is 0. The van der Waals surface area contributed by atoms with Gasteiger partial charge in [0.1, 0.15) is 0 Å². The summed E-state index contributed by atoms with van der Waals surface area (Å²) in [7, 11) is 2.02. The van der Waals surface area contributed by atoms with Gasteiger partial charge in [-0.05, 0) is 31.2 Å². The van der Waals surface area contributed by atoms with E-state index in [1.807, 2.05) is 11.9 Å². The van der Waals surface area contributed by atoms with Crippen molar-refractivity contribution in [3.63, 3.8) is 0 Å².